The molecule has 0 N–H and O–H groups in total. The molecule has 0 fully saturated rings. The van der Waals surface area contributed by atoms with Crippen LogP contribution in [0.15, 0.2) is 217 Å². The lowest BCUT2D eigenvalue weighted by molar-refractivity contribution is 0.670. The predicted octanol–water partition coefficient (Wildman–Crippen LogP) is 15.4. The molecule has 0 atom stereocenters. The van der Waals surface area contributed by atoms with E-state index in [1.54, 1.807) is 0 Å². The Hall–Kier alpha value is -7.68. The predicted molar refractivity (Wildman–Crippen MR) is 245 cm³/mol. The number of para-hydroxylation sites is 2. The van der Waals surface area contributed by atoms with Crippen molar-refractivity contribution in [2.24, 2.45) is 0 Å². The number of hydrogen-bond acceptors (Lipinski definition) is 2. The second-order valence-electron chi connectivity index (χ2n) is 16.0. The van der Waals surface area contributed by atoms with Crippen LogP contribution >= 0.6 is 0 Å². The van der Waals surface area contributed by atoms with Gasteiger partial charge in [-0.15, -0.1) is 0 Å². The van der Waals surface area contributed by atoms with Gasteiger partial charge < -0.3 is 9.32 Å². The molecule has 0 saturated heterocycles. The molecular formula is C57H35NO. The zero-order valence-electron chi connectivity index (χ0n) is 32.1. The zero-order chi connectivity index (χ0) is 38.7. The van der Waals surface area contributed by atoms with Crippen LogP contribution in [0.25, 0.3) is 76.9 Å². The van der Waals surface area contributed by atoms with Crippen molar-refractivity contribution in [2.75, 3.05) is 4.90 Å². The number of nitrogens with zero attached hydrogens (tertiary/aromatic N) is 1. The summed E-state index contributed by atoms with van der Waals surface area (Å²) in [5, 5.41) is 7.26. The molecule has 0 saturated carbocycles. The van der Waals surface area contributed by atoms with Crippen molar-refractivity contribution >= 4 is 60.5 Å². The van der Waals surface area contributed by atoms with E-state index in [4.69, 9.17) is 4.42 Å². The van der Waals surface area contributed by atoms with Gasteiger partial charge in [-0.2, -0.15) is 0 Å². The molecule has 2 nitrogen and oxygen atoms in total. The maximum absolute atomic E-state index is 6.48. The summed E-state index contributed by atoms with van der Waals surface area (Å²) >= 11 is 0. The average molecular weight is 750 g/mol. The Kier molecular flexibility index (Phi) is 6.68. The molecule has 274 valence electrons. The summed E-state index contributed by atoms with van der Waals surface area (Å²) in [4.78, 5) is 2.43. The van der Waals surface area contributed by atoms with Gasteiger partial charge in [0.2, 0.25) is 0 Å². The molecule has 0 amide bonds. The maximum atomic E-state index is 6.48. The average Bonchev–Trinajstić information content (AvgIpc) is 3.93. The van der Waals surface area contributed by atoms with E-state index in [0.29, 0.717) is 0 Å². The van der Waals surface area contributed by atoms with E-state index in [-0.39, 0.29) is 0 Å². The van der Waals surface area contributed by atoms with Gasteiger partial charge in [-0.3, -0.25) is 0 Å². The highest BCUT2D eigenvalue weighted by Crippen LogP contribution is 2.63. The van der Waals surface area contributed by atoms with Crippen molar-refractivity contribution in [3.8, 4) is 33.4 Å². The van der Waals surface area contributed by atoms with Crippen LogP contribution in [-0.2, 0) is 5.41 Å². The van der Waals surface area contributed by atoms with Gasteiger partial charge in [-0.1, -0.05) is 170 Å². The molecule has 2 heteroatoms. The number of rotatable bonds is 4. The molecule has 13 rings (SSSR count). The Morgan fingerprint density at radius 3 is 1.59 bits per heavy atom. The molecule has 0 unspecified atom stereocenters. The van der Waals surface area contributed by atoms with E-state index >= 15 is 0 Å². The summed E-state index contributed by atoms with van der Waals surface area (Å²) in [7, 11) is 0. The zero-order valence-corrected chi connectivity index (χ0v) is 32.1. The molecule has 0 radical (unpaired) electrons. The van der Waals surface area contributed by atoms with Crippen molar-refractivity contribution in [3.63, 3.8) is 0 Å². The molecule has 2 aliphatic carbocycles. The summed E-state index contributed by atoms with van der Waals surface area (Å²) in [6, 6.07) is 78.1. The van der Waals surface area contributed by atoms with E-state index in [9.17, 15) is 0 Å². The van der Waals surface area contributed by atoms with Crippen LogP contribution < -0.4 is 4.90 Å². The molecule has 11 aromatic rings. The van der Waals surface area contributed by atoms with Crippen LogP contribution in [0.3, 0.4) is 0 Å². The third-order valence-electron chi connectivity index (χ3n) is 13.1. The Morgan fingerprint density at radius 2 is 0.847 bits per heavy atom. The van der Waals surface area contributed by atoms with E-state index < -0.39 is 5.41 Å². The van der Waals surface area contributed by atoms with Gasteiger partial charge in [-0.25, -0.2) is 0 Å². The van der Waals surface area contributed by atoms with Gasteiger partial charge in [-0.05, 0) is 114 Å². The largest absolute Gasteiger partial charge is 0.455 e. The van der Waals surface area contributed by atoms with Crippen molar-refractivity contribution in [2.45, 2.75) is 5.41 Å². The number of benzene rings is 10. The smallest absolute Gasteiger partial charge is 0.143 e. The lowest BCUT2D eigenvalue weighted by Crippen LogP contribution is -2.26. The topological polar surface area (TPSA) is 16.4 Å². The third-order valence-corrected chi connectivity index (χ3v) is 13.1. The van der Waals surface area contributed by atoms with Crippen LogP contribution in [0.4, 0.5) is 17.1 Å². The molecule has 59 heavy (non-hydrogen) atoms. The highest BCUT2D eigenvalue weighted by atomic mass is 16.3. The van der Waals surface area contributed by atoms with Gasteiger partial charge in [0.05, 0.1) is 5.41 Å². The van der Waals surface area contributed by atoms with Crippen molar-refractivity contribution < 1.29 is 4.42 Å². The SMILES string of the molecule is c1ccc2c(c1)-c1ccccc1C21c2ccccc2-c2ccc(N(c3ccc(-c4cccc5c4oc4ccccc45)cc3)c3ccc4c(ccc5ccccc54)c3)cc21. The Balaban J connectivity index is 1.03. The molecular weight excluding hydrogens is 715 g/mol. The van der Waals surface area contributed by atoms with Gasteiger partial charge in [0.1, 0.15) is 11.2 Å². The fraction of sp³-hybridized carbons (Fsp3) is 0.0175. The maximum Gasteiger partial charge on any atom is 0.143 e. The first-order valence-corrected chi connectivity index (χ1v) is 20.4. The van der Waals surface area contributed by atoms with E-state index in [1.807, 2.05) is 6.07 Å². The fourth-order valence-electron chi connectivity index (χ4n) is 10.6. The quantitative estimate of drug-likeness (QED) is 0.167. The highest BCUT2D eigenvalue weighted by Gasteiger charge is 2.51. The second kappa shape index (κ2) is 12.2. The third kappa shape index (κ3) is 4.46. The standard InChI is InChI=1S/C57H35NO/c1-2-13-42-36(12-1)24-25-38-34-40(30-32-43(38)42)58(39-28-26-37(27-29-39)44-18-11-19-50-49-17-6-10-23-55(49)59-56(44)50)41-31-33-48-47-16-5-9-22-53(47)57(54(48)35-41)51-20-7-3-14-45(51)46-15-4-8-21-52(46)57/h1-35H. The number of furan rings is 1. The summed E-state index contributed by atoms with van der Waals surface area (Å²) < 4.78 is 6.48. The lowest BCUT2D eigenvalue weighted by Gasteiger charge is -2.32. The first kappa shape index (κ1) is 32.4. The fourth-order valence-corrected chi connectivity index (χ4v) is 10.6. The van der Waals surface area contributed by atoms with Gasteiger partial charge in [0.15, 0.2) is 0 Å². The molecule has 0 aliphatic heterocycles. The second-order valence-corrected chi connectivity index (χ2v) is 16.0. The highest BCUT2D eigenvalue weighted by molar-refractivity contribution is 6.10. The minimum Gasteiger partial charge on any atom is -0.455 e. The Bertz CT molecular complexity index is 3450. The Morgan fingerprint density at radius 1 is 0.322 bits per heavy atom. The van der Waals surface area contributed by atoms with E-state index in [0.717, 1.165) is 50.1 Å². The number of anilines is 3. The van der Waals surface area contributed by atoms with Crippen LogP contribution in [0.2, 0.25) is 0 Å². The lowest BCUT2D eigenvalue weighted by atomic mass is 9.70. The molecule has 2 aliphatic rings. The minimum atomic E-state index is -0.432. The van der Waals surface area contributed by atoms with Gasteiger partial charge in [0.25, 0.3) is 0 Å². The Labute approximate surface area is 341 Å². The van der Waals surface area contributed by atoms with Gasteiger partial charge in [0, 0.05) is 33.4 Å². The first-order chi connectivity index (χ1) is 29.3. The van der Waals surface area contributed by atoms with Crippen LogP contribution in [-0.4, -0.2) is 0 Å². The minimum absolute atomic E-state index is 0.432. The monoisotopic (exact) mass is 749 g/mol. The summed E-state index contributed by atoms with van der Waals surface area (Å²) in [5.74, 6) is 0. The molecule has 1 heterocycles. The molecule has 1 spiro atoms. The molecule has 1 aromatic heterocycles. The van der Waals surface area contributed by atoms with E-state index in [2.05, 4.69) is 211 Å². The van der Waals surface area contributed by atoms with Crippen molar-refractivity contribution in [1.82, 2.24) is 0 Å². The number of hydrogen-bond donors (Lipinski definition) is 0. The van der Waals surface area contributed by atoms with Crippen LogP contribution in [0.5, 0.6) is 0 Å². The molecule has 10 aromatic carbocycles. The summed E-state index contributed by atoms with van der Waals surface area (Å²) in [6.45, 7) is 0. The van der Waals surface area contributed by atoms with E-state index in [1.165, 1.54) is 66.1 Å². The summed E-state index contributed by atoms with van der Waals surface area (Å²) in [6.07, 6.45) is 0. The number of fused-ring (bicyclic) bond motifs is 16. The molecule has 0 bridgehead atoms. The first-order valence-electron chi connectivity index (χ1n) is 20.4. The van der Waals surface area contributed by atoms with Crippen LogP contribution in [0, 0.1) is 0 Å². The van der Waals surface area contributed by atoms with Crippen molar-refractivity contribution in [3.05, 3.63) is 235 Å². The van der Waals surface area contributed by atoms with Crippen molar-refractivity contribution in [1.29, 1.82) is 0 Å². The van der Waals surface area contributed by atoms with Crippen LogP contribution in [0.1, 0.15) is 22.3 Å². The van der Waals surface area contributed by atoms with Gasteiger partial charge >= 0.3 is 0 Å². The normalized spacial score (nSPS) is 13.2. The summed E-state index contributed by atoms with van der Waals surface area (Å²) in [5.41, 5.74) is 17.5.